The summed E-state index contributed by atoms with van der Waals surface area (Å²) >= 11 is 0. The molecule has 24 heavy (non-hydrogen) atoms. The highest BCUT2D eigenvalue weighted by Gasteiger charge is 2.38. The van der Waals surface area contributed by atoms with Crippen molar-refractivity contribution < 1.29 is 22.7 Å². The Labute approximate surface area is 139 Å². The molecule has 0 radical (unpaired) electrons. The van der Waals surface area contributed by atoms with E-state index >= 15 is 0 Å². The molecule has 0 aromatic heterocycles. The number of likely N-dealkylation sites (tertiary alicyclic amines) is 1. The van der Waals surface area contributed by atoms with E-state index in [0.717, 1.165) is 6.07 Å². The van der Waals surface area contributed by atoms with Gasteiger partial charge in [0.15, 0.2) is 0 Å². The SMILES string of the molecule is CC(C)(C)OC(=O)N1CCC(C(N)c2ccccc2C(F)(F)F)C1. The van der Waals surface area contributed by atoms with Crippen molar-refractivity contribution in [2.24, 2.45) is 11.7 Å². The molecule has 134 valence electrons. The lowest BCUT2D eigenvalue weighted by Gasteiger charge is -2.26. The van der Waals surface area contributed by atoms with E-state index in [1.807, 2.05) is 0 Å². The van der Waals surface area contributed by atoms with E-state index in [4.69, 9.17) is 10.5 Å². The highest BCUT2D eigenvalue weighted by atomic mass is 19.4. The van der Waals surface area contributed by atoms with Crippen molar-refractivity contribution in [3.05, 3.63) is 35.4 Å². The van der Waals surface area contributed by atoms with E-state index < -0.39 is 29.5 Å². The van der Waals surface area contributed by atoms with Crippen LogP contribution in [0.3, 0.4) is 0 Å². The van der Waals surface area contributed by atoms with Crippen LogP contribution in [0.5, 0.6) is 0 Å². The first-order chi connectivity index (χ1) is 11.0. The predicted molar refractivity (Wildman–Crippen MR) is 84.3 cm³/mol. The third kappa shape index (κ3) is 4.41. The van der Waals surface area contributed by atoms with Crippen molar-refractivity contribution in [3.8, 4) is 0 Å². The fourth-order valence-corrected chi connectivity index (χ4v) is 2.87. The average molecular weight is 344 g/mol. The van der Waals surface area contributed by atoms with E-state index in [1.54, 1.807) is 26.8 Å². The molecule has 1 fully saturated rings. The zero-order valence-electron chi connectivity index (χ0n) is 14.1. The van der Waals surface area contributed by atoms with Gasteiger partial charge >= 0.3 is 12.3 Å². The van der Waals surface area contributed by atoms with E-state index in [2.05, 4.69) is 0 Å². The molecule has 2 N–H and O–H groups in total. The molecular weight excluding hydrogens is 321 g/mol. The summed E-state index contributed by atoms with van der Waals surface area (Å²) in [5, 5.41) is 0. The molecule has 0 bridgehead atoms. The molecule has 1 aromatic carbocycles. The number of amides is 1. The third-order valence-electron chi connectivity index (χ3n) is 4.01. The molecule has 4 nitrogen and oxygen atoms in total. The molecule has 1 saturated heterocycles. The summed E-state index contributed by atoms with van der Waals surface area (Å²) in [5.74, 6) is -0.235. The number of carbonyl (C=O) groups excluding carboxylic acids is 1. The van der Waals surface area contributed by atoms with Gasteiger partial charge in [-0.2, -0.15) is 13.2 Å². The molecule has 0 spiro atoms. The van der Waals surface area contributed by atoms with E-state index in [-0.39, 0.29) is 11.5 Å². The van der Waals surface area contributed by atoms with Crippen LogP contribution in [-0.4, -0.2) is 29.7 Å². The fraction of sp³-hybridized carbons (Fsp3) is 0.588. The zero-order chi connectivity index (χ0) is 18.1. The third-order valence-corrected chi connectivity index (χ3v) is 4.01. The number of alkyl halides is 3. The van der Waals surface area contributed by atoms with Crippen LogP contribution in [0, 0.1) is 5.92 Å². The first-order valence-corrected chi connectivity index (χ1v) is 7.88. The smallest absolute Gasteiger partial charge is 0.416 e. The van der Waals surface area contributed by atoms with Gasteiger partial charge in [0, 0.05) is 19.1 Å². The van der Waals surface area contributed by atoms with Gasteiger partial charge in [0.1, 0.15) is 5.60 Å². The van der Waals surface area contributed by atoms with Gasteiger partial charge in [-0.25, -0.2) is 4.79 Å². The van der Waals surface area contributed by atoms with Crippen LogP contribution in [0.25, 0.3) is 0 Å². The number of hydrogen-bond donors (Lipinski definition) is 1. The number of ether oxygens (including phenoxy) is 1. The van der Waals surface area contributed by atoms with Gasteiger partial charge < -0.3 is 15.4 Å². The number of halogens is 3. The quantitative estimate of drug-likeness (QED) is 0.883. The lowest BCUT2D eigenvalue weighted by Crippen LogP contribution is -2.36. The van der Waals surface area contributed by atoms with Crippen molar-refractivity contribution in [2.75, 3.05) is 13.1 Å². The maximum absolute atomic E-state index is 13.1. The lowest BCUT2D eigenvalue weighted by atomic mass is 9.90. The predicted octanol–water partition coefficient (Wildman–Crippen LogP) is 3.96. The second kappa shape index (κ2) is 6.63. The van der Waals surface area contributed by atoms with E-state index in [1.165, 1.54) is 17.0 Å². The van der Waals surface area contributed by atoms with Gasteiger partial charge in [0.05, 0.1) is 5.56 Å². The monoisotopic (exact) mass is 344 g/mol. The minimum atomic E-state index is -4.45. The molecular formula is C17H23F3N2O2. The normalized spacial score (nSPS) is 20.1. The Morgan fingerprint density at radius 3 is 2.50 bits per heavy atom. The fourth-order valence-electron chi connectivity index (χ4n) is 2.87. The summed E-state index contributed by atoms with van der Waals surface area (Å²) in [5.41, 5.74) is 4.85. The van der Waals surface area contributed by atoms with Crippen LogP contribution in [0.1, 0.15) is 44.4 Å². The van der Waals surface area contributed by atoms with Crippen molar-refractivity contribution in [2.45, 2.75) is 45.0 Å². The number of rotatable bonds is 2. The molecule has 0 aliphatic carbocycles. The number of benzene rings is 1. The van der Waals surface area contributed by atoms with Crippen LogP contribution >= 0.6 is 0 Å². The van der Waals surface area contributed by atoms with E-state index in [9.17, 15) is 18.0 Å². The Kier molecular flexibility index (Phi) is 5.13. The molecule has 2 rings (SSSR count). The van der Waals surface area contributed by atoms with Gasteiger partial charge in [0.25, 0.3) is 0 Å². The summed E-state index contributed by atoms with van der Waals surface area (Å²) in [7, 11) is 0. The van der Waals surface area contributed by atoms with Crippen LogP contribution in [0.15, 0.2) is 24.3 Å². The van der Waals surface area contributed by atoms with Crippen LogP contribution in [0.4, 0.5) is 18.0 Å². The van der Waals surface area contributed by atoms with Gasteiger partial charge in [-0.05, 0) is 44.7 Å². The standard InChI is InChI=1S/C17H23F3N2O2/c1-16(2,3)24-15(23)22-9-8-11(10-22)14(21)12-6-4-5-7-13(12)17(18,19)20/h4-7,11,14H,8-10,21H2,1-3H3. The summed E-state index contributed by atoms with van der Waals surface area (Å²) < 4.78 is 44.7. The Balaban J connectivity index is 2.11. The Morgan fingerprint density at radius 2 is 1.92 bits per heavy atom. The first kappa shape index (κ1) is 18.6. The summed E-state index contributed by atoms with van der Waals surface area (Å²) in [4.78, 5) is 13.6. The summed E-state index contributed by atoms with van der Waals surface area (Å²) in [6, 6.07) is 4.56. The van der Waals surface area contributed by atoms with Gasteiger partial charge in [-0.3, -0.25) is 0 Å². The zero-order valence-corrected chi connectivity index (χ0v) is 14.1. The van der Waals surface area contributed by atoms with Crippen molar-refractivity contribution in [3.63, 3.8) is 0 Å². The Bertz CT molecular complexity index is 596. The maximum atomic E-state index is 13.1. The molecule has 1 aliphatic rings. The van der Waals surface area contributed by atoms with Gasteiger partial charge in [-0.1, -0.05) is 18.2 Å². The molecule has 2 atom stereocenters. The van der Waals surface area contributed by atoms with Gasteiger partial charge in [-0.15, -0.1) is 0 Å². The Hall–Kier alpha value is -1.76. The van der Waals surface area contributed by atoms with Crippen molar-refractivity contribution in [1.29, 1.82) is 0 Å². The summed E-state index contributed by atoms with van der Waals surface area (Å²) in [6.45, 7) is 6.03. The highest BCUT2D eigenvalue weighted by Crippen LogP contribution is 2.37. The topological polar surface area (TPSA) is 55.6 Å². The second-order valence-electron chi connectivity index (χ2n) is 7.09. The van der Waals surface area contributed by atoms with Crippen LogP contribution < -0.4 is 5.73 Å². The largest absolute Gasteiger partial charge is 0.444 e. The Morgan fingerprint density at radius 1 is 1.29 bits per heavy atom. The van der Waals surface area contributed by atoms with Crippen LogP contribution in [-0.2, 0) is 10.9 Å². The number of carbonyl (C=O) groups is 1. The van der Waals surface area contributed by atoms with Crippen molar-refractivity contribution in [1.82, 2.24) is 4.90 Å². The molecule has 0 saturated carbocycles. The molecule has 1 aliphatic heterocycles. The summed E-state index contributed by atoms with van der Waals surface area (Å²) in [6.07, 6.45) is -4.36. The first-order valence-electron chi connectivity index (χ1n) is 7.88. The molecule has 1 amide bonds. The molecule has 2 unspecified atom stereocenters. The van der Waals surface area contributed by atoms with E-state index in [0.29, 0.717) is 19.5 Å². The minimum absolute atomic E-state index is 0.0704. The average Bonchev–Trinajstić information content (AvgIpc) is 2.93. The highest BCUT2D eigenvalue weighted by molar-refractivity contribution is 5.68. The van der Waals surface area contributed by atoms with Gasteiger partial charge in [0.2, 0.25) is 0 Å². The molecule has 7 heteroatoms. The minimum Gasteiger partial charge on any atom is -0.444 e. The molecule has 1 aromatic rings. The second-order valence-corrected chi connectivity index (χ2v) is 7.09. The molecule has 1 heterocycles. The van der Waals surface area contributed by atoms with Crippen LogP contribution in [0.2, 0.25) is 0 Å². The lowest BCUT2D eigenvalue weighted by molar-refractivity contribution is -0.138. The van der Waals surface area contributed by atoms with Crippen molar-refractivity contribution >= 4 is 6.09 Å². The number of hydrogen-bond acceptors (Lipinski definition) is 3. The maximum Gasteiger partial charge on any atom is 0.416 e. The number of nitrogens with zero attached hydrogens (tertiary/aromatic N) is 1. The number of nitrogens with two attached hydrogens (primary N) is 1.